The van der Waals surface area contributed by atoms with Crippen LogP contribution < -0.4 is 14.4 Å². The van der Waals surface area contributed by atoms with E-state index >= 15 is 0 Å². The van der Waals surface area contributed by atoms with Crippen molar-refractivity contribution in [2.75, 3.05) is 29.9 Å². The second-order valence-corrected chi connectivity index (χ2v) is 9.64. The van der Waals surface area contributed by atoms with Gasteiger partial charge in [0.05, 0.1) is 18.4 Å². The minimum Gasteiger partial charge on any atom is -0.495 e. The first-order chi connectivity index (χ1) is 16.8. The number of fused-ring (bicyclic) bond motifs is 1. The van der Waals surface area contributed by atoms with Gasteiger partial charge in [-0.3, -0.25) is 9.10 Å². The van der Waals surface area contributed by atoms with Crippen LogP contribution in [0.3, 0.4) is 0 Å². The highest BCUT2D eigenvalue weighted by atomic mass is 32.2. The molecule has 0 radical (unpaired) electrons. The van der Waals surface area contributed by atoms with Crippen molar-refractivity contribution in [1.29, 1.82) is 0 Å². The third kappa shape index (κ3) is 5.27. The SMILES string of the molecule is COc1ccc(C(=O)OCC(=O)Nc2ccc(F)cc2)cc1S(=O)(=O)N1CCCc2ccccc21. The molecule has 1 aliphatic rings. The van der Waals surface area contributed by atoms with Crippen LogP contribution >= 0.6 is 0 Å². The molecule has 0 aliphatic carbocycles. The first-order valence-corrected chi connectivity index (χ1v) is 12.2. The average molecular weight is 499 g/mol. The van der Waals surface area contributed by atoms with Gasteiger partial charge in [0.2, 0.25) is 0 Å². The van der Waals surface area contributed by atoms with Crippen molar-refractivity contribution in [1.82, 2.24) is 0 Å². The van der Waals surface area contributed by atoms with E-state index in [4.69, 9.17) is 9.47 Å². The summed E-state index contributed by atoms with van der Waals surface area (Å²) in [4.78, 5) is 24.5. The fourth-order valence-corrected chi connectivity index (χ4v) is 5.54. The number of para-hydroxylation sites is 1. The highest BCUT2D eigenvalue weighted by Crippen LogP contribution is 2.35. The molecule has 182 valence electrons. The number of ether oxygens (including phenoxy) is 2. The number of carbonyl (C=O) groups is 2. The second-order valence-electron chi connectivity index (χ2n) is 7.81. The van der Waals surface area contributed by atoms with Gasteiger partial charge in [-0.2, -0.15) is 0 Å². The normalized spacial score (nSPS) is 13.0. The number of benzene rings is 3. The highest BCUT2D eigenvalue weighted by Gasteiger charge is 2.32. The molecular weight excluding hydrogens is 475 g/mol. The van der Waals surface area contributed by atoms with Crippen LogP contribution in [0, 0.1) is 5.82 Å². The number of halogens is 1. The Morgan fingerprint density at radius 1 is 1.06 bits per heavy atom. The Morgan fingerprint density at radius 2 is 1.80 bits per heavy atom. The standard InChI is InChI=1S/C25H23FN2O6S/c1-33-22-13-8-18(25(30)34-16-24(29)27-20-11-9-19(26)10-12-20)15-23(22)35(31,32)28-14-4-6-17-5-2-3-7-21(17)28/h2-3,5,7-13,15H,4,6,14,16H2,1H3,(H,27,29). The van der Waals surface area contributed by atoms with Gasteiger partial charge in [0.1, 0.15) is 16.5 Å². The van der Waals surface area contributed by atoms with Crippen LogP contribution in [0.4, 0.5) is 15.8 Å². The van der Waals surface area contributed by atoms with Crippen LogP contribution in [0.1, 0.15) is 22.3 Å². The molecule has 0 aromatic heterocycles. The smallest absolute Gasteiger partial charge is 0.338 e. The summed E-state index contributed by atoms with van der Waals surface area (Å²) >= 11 is 0. The Kier molecular flexibility index (Phi) is 7.02. The first kappa shape index (κ1) is 24.2. The van der Waals surface area contributed by atoms with Crippen molar-refractivity contribution in [2.24, 2.45) is 0 Å². The number of nitrogens with zero attached hydrogens (tertiary/aromatic N) is 1. The summed E-state index contributed by atoms with van der Waals surface area (Å²) in [6.45, 7) is -0.315. The van der Waals surface area contributed by atoms with Gasteiger partial charge in [-0.25, -0.2) is 17.6 Å². The zero-order valence-electron chi connectivity index (χ0n) is 18.9. The summed E-state index contributed by atoms with van der Waals surface area (Å²) in [6.07, 6.45) is 1.43. The summed E-state index contributed by atoms with van der Waals surface area (Å²) in [5.74, 6) is -1.87. The lowest BCUT2D eigenvalue weighted by Crippen LogP contribution is -2.35. The molecule has 0 saturated heterocycles. The van der Waals surface area contributed by atoms with Gasteiger partial charge in [0, 0.05) is 12.2 Å². The predicted octanol–water partition coefficient (Wildman–Crippen LogP) is 3.77. The van der Waals surface area contributed by atoms with Crippen LogP contribution in [0.25, 0.3) is 0 Å². The molecule has 4 rings (SSSR count). The third-order valence-corrected chi connectivity index (χ3v) is 7.33. The Balaban J connectivity index is 1.53. The predicted molar refractivity (Wildman–Crippen MR) is 128 cm³/mol. The van der Waals surface area contributed by atoms with E-state index in [1.165, 1.54) is 53.9 Å². The Bertz CT molecular complexity index is 1360. The lowest BCUT2D eigenvalue weighted by atomic mass is 10.0. The quantitative estimate of drug-likeness (QED) is 0.498. The molecule has 1 aliphatic heterocycles. The fraction of sp³-hybridized carbons (Fsp3) is 0.200. The number of esters is 1. The van der Waals surface area contributed by atoms with Crippen molar-refractivity contribution in [3.63, 3.8) is 0 Å². The highest BCUT2D eigenvalue weighted by molar-refractivity contribution is 7.93. The molecule has 1 heterocycles. The van der Waals surface area contributed by atoms with Crippen molar-refractivity contribution < 1.29 is 31.9 Å². The van der Waals surface area contributed by atoms with E-state index in [9.17, 15) is 22.4 Å². The number of carbonyl (C=O) groups excluding carboxylic acids is 2. The molecule has 1 N–H and O–H groups in total. The second kappa shape index (κ2) is 10.1. The van der Waals surface area contributed by atoms with E-state index in [2.05, 4.69) is 5.32 Å². The maximum absolute atomic E-state index is 13.6. The third-order valence-electron chi connectivity index (χ3n) is 5.50. The minimum atomic E-state index is -4.06. The Labute approximate surface area is 202 Å². The van der Waals surface area contributed by atoms with Crippen LogP contribution in [0.5, 0.6) is 5.75 Å². The lowest BCUT2D eigenvalue weighted by Gasteiger charge is -2.30. The number of nitrogens with one attached hydrogen (secondary N) is 1. The van der Waals surface area contributed by atoms with Crippen molar-refractivity contribution in [3.05, 3.63) is 83.7 Å². The molecule has 0 fully saturated rings. The van der Waals surface area contributed by atoms with Gasteiger partial charge < -0.3 is 14.8 Å². The molecule has 35 heavy (non-hydrogen) atoms. The van der Waals surface area contributed by atoms with Crippen molar-refractivity contribution in [2.45, 2.75) is 17.7 Å². The molecule has 0 bridgehead atoms. The number of rotatable bonds is 7. The van der Waals surface area contributed by atoms with Crippen LogP contribution in [0.15, 0.2) is 71.6 Å². The van der Waals surface area contributed by atoms with Gasteiger partial charge in [-0.1, -0.05) is 18.2 Å². The zero-order valence-corrected chi connectivity index (χ0v) is 19.7. The van der Waals surface area contributed by atoms with Crippen LogP contribution in [-0.4, -0.2) is 40.6 Å². The van der Waals surface area contributed by atoms with Gasteiger partial charge in [0.15, 0.2) is 6.61 Å². The largest absolute Gasteiger partial charge is 0.495 e. The minimum absolute atomic E-state index is 0.0516. The topological polar surface area (TPSA) is 102 Å². The van der Waals surface area contributed by atoms with Crippen molar-refractivity contribution in [3.8, 4) is 5.75 Å². The van der Waals surface area contributed by atoms with E-state index in [1.54, 1.807) is 12.1 Å². The average Bonchev–Trinajstić information content (AvgIpc) is 2.87. The van der Waals surface area contributed by atoms with Gasteiger partial charge in [0.25, 0.3) is 15.9 Å². The number of methoxy groups -OCH3 is 1. The summed E-state index contributed by atoms with van der Waals surface area (Å²) in [7, 11) is -2.72. The maximum Gasteiger partial charge on any atom is 0.338 e. The van der Waals surface area contributed by atoms with E-state index in [-0.39, 0.29) is 16.2 Å². The van der Waals surface area contributed by atoms with E-state index in [0.717, 1.165) is 12.0 Å². The lowest BCUT2D eigenvalue weighted by molar-refractivity contribution is -0.119. The molecule has 3 aromatic carbocycles. The number of amides is 1. The summed E-state index contributed by atoms with van der Waals surface area (Å²) in [5, 5.41) is 2.48. The fourth-order valence-electron chi connectivity index (χ4n) is 3.82. The van der Waals surface area contributed by atoms with Crippen molar-refractivity contribution >= 4 is 33.3 Å². The summed E-state index contributed by atoms with van der Waals surface area (Å²) < 4.78 is 51.8. The molecule has 3 aromatic rings. The molecule has 8 nitrogen and oxygen atoms in total. The summed E-state index contributed by atoms with van der Waals surface area (Å²) in [5.41, 5.74) is 1.80. The number of sulfonamides is 1. The monoisotopic (exact) mass is 498 g/mol. The summed E-state index contributed by atoms with van der Waals surface area (Å²) in [6, 6.07) is 16.3. The van der Waals surface area contributed by atoms with E-state index in [1.807, 2.05) is 12.1 Å². The zero-order chi connectivity index (χ0) is 25.0. The van der Waals surface area contributed by atoms with Crippen LogP contribution in [0.2, 0.25) is 0 Å². The van der Waals surface area contributed by atoms with Gasteiger partial charge in [-0.05, 0) is 66.9 Å². The van der Waals surface area contributed by atoms with Gasteiger partial charge >= 0.3 is 5.97 Å². The molecule has 0 saturated carbocycles. The molecule has 0 unspecified atom stereocenters. The number of aryl methyl sites for hydroxylation is 1. The van der Waals surface area contributed by atoms with E-state index in [0.29, 0.717) is 24.3 Å². The maximum atomic E-state index is 13.6. The molecule has 10 heteroatoms. The Morgan fingerprint density at radius 3 is 2.54 bits per heavy atom. The first-order valence-electron chi connectivity index (χ1n) is 10.8. The number of hydrogen-bond acceptors (Lipinski definition) is 6. The number of anilines is 2. The van der Waals surface area contributed by atoms with Crippen LogP contribution in [-0.2, 0) is 26.0 Å². The van der Waals surface area contributed by atoms with E-state index < -0.39 is 34.3 Å². The van der Waals surface area contributed by atoms with Gasteiger partial charge in [-0.15, -0.1) is 0 Å². The molecule has 0 spiro atoms. The molecule has 1 amide bonds. The molecule has 0 atom stereocenters. The Hall–Kier alpha value is -3.92. The number of hydrogen-bond donors (Lipinski definition) is 1. The molecular formula is C25H23FN2O6S.